The summed E-state index contributed by atoms with van der Waals surface area (Å²) in [5, 5.41) is 8.27. The largest absolute Gasteiger partial charge is 0.184 e. The molecule has 0 amide bonds. The minimum absolute atomic E-state index is 0.795. The van der Waals surface area contributed by atoms with Crippen LogP contribution in [0.4, 0.5) is 0 Å². The first-order valence-electron chi connectivity index (χ1n) is 22.9. The minimum Gasteiger partial charge on any atom is -0.184 e. The second kappa shape index (κ2) is 22.9. The fourth-order valence-electron chi connectivity index (χ4n) is 9.28. The molecule has 0 N–H and O–H groups in total. The molecule has 1 aliphatic heterocycles. The molecule has 0 fully saturated rings. The van der Waals surface area contributed by atoms with E-state index in [-0.39, 0.29) is 0 Å². The van der Waals surface area contributed by atoms with E-state index in [1.165, 1.54) is 123 Å². The van der Waals surface area contributed by atoms with E-state index >= 15 is 0 Å². The molecule has 0 unspecified atom stereocenters. The van der Waals surface area contributed by atoms with E-state index in [9.17, 15) is 0 Å². The van der Waals surface area contributed by atoms with Crippen molar-refractivity contribution in [3.05, 3.63) is 229 Å². The molecule has 0 nitrogen and oxygen atoms in total. The van der Waals surface area contributed by atoms with Gasteiger partial charge in [0.2, 0.25) is 0 Å². The Hall–Kier alpha value is -5.34. The third-order valence-corrected chi connectivity index (χ3v) is 13.7. The van der Waals surface area contributed by atoms with Gasteiger partial charge in [-0.05, 0) is 71.2 Å². The Bertz CT molecular complexity index is 2950. The van der Waals surface area contributed by atoms with Gasteiger partial charge < -0.3 is 0 Å². The molecule has 11 rings (SSSR count). The molecule has 0 spiro atoms. The van der Waals surface area contributed by atoms with Gasteiger partial charge in [0.05, 0.1) is 9.52 Å². The number of rotatable bonds is 8. The quantitative estimate of drug-likeness (QED) is 0.105. The van der Waals surface area contributed by atoms with Crippen LogP contribution < -0.4 is 10.4 Å². The SMILES string of the molecule is CCCc1cc2c(-c3ccccc3C)c(-c3ccccc3)ccc2[cH-]1.CCCc1cc2c(-c3ccccc3C)c(-c3ccccc3)ccc2[cH-]1.[Cl][Zr][Cl].[c-]1cccc2c1[Si]c1ccccc1-2. The summed E-state index contributed by atoms with van der Waals surface area (Å²) in [6, 6.07) is 75.7. The molecule has 2 radical (unpaired) electrons. The zero-order valence-corrected chi connectivity index (χ0v) is 43.1. The molecule has 0 aromatic heterocycles. The van der Waals surface area contributed by atoms with Crippen molar-refractivity contribution in [1.29, 1.82) is 0 Å². The van der Waals surface area contributed by atoms with Crippen LogP contribution in [0, 0.1) is 19.9 Å². The van der Waals surface area contributed by atoms with E-state index in [1.807, 2.05) is 6.07 Å². The van der Waals surface area contributed by atoms with Gasteiger partial charge in [0.15, 0.2) is 0 Å². The average Bonchev–Trinajstić information content (AvgIpc) is 4.08. The molecule has 10 aromatic carbocycles. The first-order valence-corrected chi connectivity index (χ1v) is 30.3. The standard InChI is InChI=1S/2C25H23.C12H7Si.2ClH.Zr/c2*1-3-9-19-16-21-14-15-23(20-11-5-4-6-12-20)25(24(21)17-19)22-13-8-7-10-18(22)2;1-3-7-11-9(5-1)10-6-2-4-8-12(10)13-11;;;/h2*4-8,10-17H,3,9H2,1-2H3;1-7H;2*1H;/q3*-1;;;+2/p-2. The molecule has 0 atom stereocenters. The van der Waals surface area contributed by atoms with E-state index in [0.29, 0.717) is 0 Å². The Morgan fingerprint density at radius 1 is 0.470 bits per heavy atom. The van der Waals surface area contributed by atoms with Gasteiger partial charge >= 0.3 is 37.9 Å². The number of halogens is 2. The zero-order valence-electron chi connectivity index (χ0n) is 38.1. The number of hydrogen-bond donors (Lipinski definition) is 0. The maximum absolute atomic E-state index is 4.93. The van der Waals surface area contributed by atoms with Gasteiger partial charge in [-0.15, -0.1) is 62.5 Å². The molecule has 0 saturated heterocycles. The molecule has 1 heterocycles. The van der Waals surface area contributed by atoms with Crippen LogP contribution in [0.3, 0.4) is 0 Å². The molecule has 0 aliphatic carbocycles. The fourth-order valence-corrected chi connectivity index (χ4v) is 10.6. The molecular formula is C62H53Cl2SiZr-3. The predicted molar refractivity (Wildman–Crippen MR) is 286 cm³/mol. The minimum atomic E-state index is -0.826. The smallest absolute Gasteiger partial charge is 0.0920 e. The van der Waals surface area contributed by atoms with E-state index in [1.54, 1.807) is 0 Å². The number of aryl methyl sites for hydroxylation is 4. The third-order valence-electron chi connectivity index (χ3n) is 12.3. The fraction of sp³-hybridized carbons (Fsp3) is 0.129. The average molecular weight is 988 g/mol. The van der Waals surface area contributed by atoms with Crippen molar-refractivity contribution in [3.63, 3.8) is 0 Å². The monoisotopic (exact) mass is 985 g/mol. The van der Waals surface area contributed by atoms with Crippen molar-refractivity contribution in [2.24, 2.45) is 0 Å². The van der Waals surface area contributed by atoms with Crippen molar-refractivity contribution in [1.82, 2.24) is 0 Å². The van der Waals surface area contributed by atoms with Crippen molar-refractivity contribution in [2.75, 3.05) is 0 Å². The normalized spacial score (nSPS) is 11.1. The van der Waals surface area contributed by atoms with Gasteiger partial charge in [-0.3, -0.25) is 0 Å². The van der Waals surface area contributed by atoms with E-state index in [4.69, 9.17) is 17.0 Å². The molecule has 0 saturated carbocycles. The van der Waals surface area contributed by atoms with E-state index < -0.39 is 20.8 Å². The maximum Gasteiger partial charge on any atom is 0.0920 e. The molecule has 66 heavy (non-hydrogen) atoms. The van der Waals surface area contributed by atoms with Gasteiger partial charge in [-0.25, -0.2) is 0 Å². The summed E-state index contributed by atoms with van der Waals surface area (Å²) >= 11 is -0.826. The van der Waals surface area contributed by atoms with E-state index in [2.05, 4.69) is 228 Å². The summed E-state index contributed by atoms with van der Waals surface area (Å²) in [5.41, 5.74) is 18.9. The Kier molecular flexibility index (Phi) is 16.4. The Balaban J connectivity index is 0.000000136. The van der Waals surface area contributed by atoms with Crippen LogP contribution >= 0.6 is 17.0 Å². The van der Waals surface area contributed by atoms with Crippen molar-refractivity contribution < 1.29 is 20.8 Å². The van der Waals surface area contributed by atoms with Crippen LogP contribution in [0.5, 0.6) is 0 Å². The first-order chi connectivity index (χ1) is 32.4. The van der Waals surface area contributed by atoms with Gasteiger partial charge in [0, 0.05) is 0 Å². The Morgan fingerprint density at radius 3 is 1.36 bits per heavy atom. The topological polar surface area (TPSA) is 0 Å². The van der Waals surface area contributed by atoms with Gasteiger partial charge in [-0.1, -0.05) is 194 Å². The maximum atomic E-state index is 4.93. The van der Waals surface area contributed by atoms with Gasteiger partial charge in [-0.2, -0.15) is 41.6 Å². The molecular weight excluding hydrogens is 935 g/mol. The summed E-state index contributed by atoms with van der Waals surface area (Å²) in [4.78, 5) is 0. The van der Waals surface area contributed by atoms with Gasteiger partial charge in [0.25, 0.3) is 0 Å². The van der Waals surface area contributed by atoms with Crippen molar-refractivity contribution in [3.8, 4) is 55.6 Å². The van der Waals surface area contributed by atoms with Crippen molar-refractivity contribution in [2.45, 2.75) is 53.4 Å². The molecule has 4 heteroatoms. The van der Waals surface area contributed by atoms with Crippen LogP contribution in [0.15, 0.2) is 200 Å². The van der Waals surface area contributed by atoms with Gasteiger partial charge in [0.1, 0.15) is 0 Å². The second-order valence-corrected chi connectivity index (χ2v) is 21.8. The third kappa shape index (κ3) is 10.8. The van der Waals surface area contributed by atoms with Crippen molar-refractivity contribution >= 4 is 58.5 Å². The second-order valence-electron chi connectivity index (χ2n) is 16.8. The Morgan fingerprint density at radius 2 is 0.894 bits per heavy atom. The zero-order chi connectivity index (χ0) is 45.8. The first kappa shape index (κ1) is 47.2. The predicted octanol–water partition coefficient (Wildman–Crippen LogP) is 16.8. The number of benzene rings is 8. The van der Waals surface area contributed by atoms with Crippen LogP contribution in [-0.4, -0.2) is 9.52 Å². The summed E-state index contributed by atoms with van der Waals surface area (Å²) in [5.74, 6) is 0. The van der Waals surface area contributed by atoms with Crippen LogP contribution in [0.1, 0.15) is 48.9 Å². The molecule has 10 aromatic rings. The molecule has 326 valence electrons. The summed E-state index contributed by atoms with van der Waals surface area (Å²) < 4.78 is 0. The summed E-state index contributed by atoms with van der Waals surface area (Å²) in [6.07, 6.45) is 4.65. The van der Waals surface area contributed by atoms with Crippen LogP contribution in [-0.2, 0) is 33.7 Å². The molecule has 0 bridgehead atoms. The van der Waals surface area contributed by atoms with Crippen LogP contribution in [0.2, 0.25) is 0 Å². The van der Waals surface area contributed by atoms with E-state index in [0.717, 1.165) is 22.4 Å². The molecule has 1 aliphatic rings. The van der Waals surface area contributed by atoms with Crippen LogP contribution in [0.25, 0.3) is 77.2 Å². The number of hydrogen-bond acceptors (Lipinski definition) is 0. The summed E-state index contributed by atoms with van der Waals surface area (Å²) in [7, 11) is 10.7. The summed E-state index contributed by atoms with van der Waals surface area (Å²) in [6.45, 7) is 8.91. The Labute approximate surface area is 413 Å². The number of fused-ring (bicyclic) bond motifs is 5.